The molecule has 0 aromatic rings. The average Bonchev–Trinajstić information content (AvgIpc) is 0.921. The first-order valence-electron chi connectivity index (χ1n) is 44.8. The summed E-state index contributed by atoms with van der Waals surface area (Å²) >= 11 is 0. The molecule has 0 heterocycles. The lowest BCUT2D eigenvalue weighted by Crippen LogP contribution is -2.30. The molecule has 0 aromatic heterocycles. The Morgan fingerprint density at radius 3 is 0.562 bits per heavy atom. The highest BCUT2D eigenvalue weighted by Crippen LogP contribution is 2.45. The topological polar surface area (TPSA) is 237 Å². The van der Waals surface area contributed by atoms with Crippen LogP contribution in [0.25, 0.3) is 0 Å². The molecule has 0 saturated heterocycles. The first-order valence-corrected chi connectivity index (χ1v) is 47.8. The third-order valence-electron chi connectivity index (χ3n) is 20.4. The van der Waals surface area contributed by atoms with Crippen molar-refractivity contribution in [2.45, 2.75) is 489 Å². The summed E-state index contributed by atoms with van der Waals surface area (Å²) < 4.78 is 68.9. The zero-order valence-electron chi connectivity index (χ0n) is 68.7. The van der Waals surface area contributed by atoms with E-state index in [-0.39, 0.29) is 25.7 Å². The number of carbonyl (C=O) groups excluding carboxylic acids is 4. The molecule has 19 heteroatoms. The molecule has 0 rings (SSSR count). The van der Waals surface area contributed by atoms with Gasteiger partial charge >= 0.3 is 39.5 Å². The Hall–Kier alpha value is -1.94. The monoisotopic (exact) mass is 1540 g/mol. The van der Waals surface area contributed by atoms with Crippen molar-refractivity contribution in [2.75, 3.05) is 39.6 Å². The third kappa shape index (κ3) is 79.9. The molecule has 0 aliphatic rings. The molecule has 17 nitrogen and oxygen atoms in total. The van der Waals surface area contributed by atoms with E-state index in [1.54, 1.807) is 0 Å². The van der Waals surface area contributed by atoms with Crippen molar-refractivity contribution in [3.63, 3.8) is 0 Å². The Balaban J connectivity index is 5.23. The van der Waals surface area contributed by atoms with E-state index < -0.39 is 97.5 Å². The lowest BCUT2D eigenvalue weighted by atomic mass is 10.0. The standard InChI is InChI=1S/C86H168O17P2/c1-5-9-13-17-21-25-29-33-36-38-39-40-41-42-43-45-49-53-57-61-65-69-73-86(91)103-82(77-97-84(89)71-67-63-59-55-51-48-44-37-34-30-26-22-18-14-10-6-2)79-101-105(94,95)99-75-80(87)74-98-104(92,93)100-78-81(76-96-83(88)70-66-62-58-54-50-46-32-28-24-20-16-12-8-4)102-85(90)72-68-64-60-56-52-47-35-31-27-23-19-15-11-7-3/h80-82,87H,5-79H2,1-4H3,(H,92,93)(H,94,95)/t80-,81+,82+/m0/s1. The highest BCUT2D eigenvalue weighted by molar-refractivity contribution is 7.47. The van der Waals surface area contributed by atoms with Gasteiger partial charge in [-0.15, -0.1) is 0 Å². The number of hydrogen-bond acceptors (Lipinski definition) is 15. The van der Waals surface area contributed by atoms with Crippen LogP contribution in [0, 0.1) is 0 Å². The molecule has 105 heavy (non-hydrogen) atoms. The lowest BCUT2D eigenvalue weighted by molar-refractivity contribution is -0.161. The summed E-state index contributed by atoms with van der Waals surface area (Å²) in [5.74, 6) is -2.10. The van der Waals surface area contributed by atoms with Gasteiger partial charge in [0.2, 0.25) is 0 Å². The van der Waals surface area contributed by atoms with E-state index in [1.165, 1.54) is 302 Å². The van der Waals surface area contributed by atoms with Gasteiger partial charge in [-0.3, -0.25) is 37.3 Å². The second-order valence-corrected chi connectivity index (χ2v) is 33.8. The summed E-state index contributed by atoms with van der Waals surface area (Å²) in [5.41, 5.74) is 0. The highest BCUT2D eigenvalue weighted by Gasteiger charge is 2.30. The summed E-state index contributed by atoms with van der Waals surface area (Å²) in [7, 11) is -9.93. The minimum Gasteiger partial charge on any atom is -0.462 e. The maximum absolute atomic E-state index is 13.1. The van der Waals surface area contributed by atoms with Gasteiger partial charge in [-0.2, -0.15) is 0 Å². The fourth-order valence-electron chi connectivity index (χ4n) is 13.5. The van der Waals surface area contributed by atoms with Crippen LogP contribution in [0.5, 0.6) is 0 Å². The van der Waals surface area contributed by atoms with E-state index in [0.717, 1.165) is 89.9 Å². The Morgan fingerprint density at radius 2 is 0.381 bits per heavy atom. The fraction of sp³-hybridized carbons (Fsp3) is 0.953. The van der Waals surface area contributed by atoms with Crippen LogP contribution in [0.1, 0.15) is 471 Å². The van der Waals surface area contributed by atoms with Gasteiger partial charge in [0.15, 0.2) is 12.2 Å². The van der Waals surface area contributed by atoms with Gasteiger partial charge in [0.1, 0.15) is 19.3 Å². The first-order chi connectivity index (χ1) is 51.2. The van der Waals surface area contributed by atoms with Crippen LogP contribution in [-0.4, -0.2) is 96.7 Å². The Morgan fingerprint density at radius 1 is 0.229 bits per heavy atom. The molecule has 2 unspecified atom stereocenters. The predicted molar refractivity (Wildman–Crippen MR) is 432 cm³/mol. The fourth-order valence-corrected chi connectivity index (χ4v) is 15.1. The van der Waals surface area contributed by atoms with Crippen molar-refractivity contribution in [3.05, 3.63) is 0 Å². The first kappa shape index (κ1) is 103. The van der Waals surface area contributed by atoms with E-state index in [0.29, 0.717) is 25.7 Å². The average molecular weight is 1540 g/mol. The minimum absolute atomic E-state index is 0.109. The van der Waals surface area contributed by atoms with Gasteiger partial charge in [-0.25, -0.2) is 9.13 Å². The van der Waals surface area contributed by atoms with Crippen LogP contribution in [0.15, 0.2) is 0 Å². The van der Waals surface area contributed by atoms with E-state index in [2.05, 4.69) is 27.7 Å². The van der Waals surface area contributed by atoms with E-state index >= 15 is 0 Å². The van der Waals surface area contributed by atoms with Crippen LogP contribution >= 0.6 is 15.6 Å². The van der Waals surface area contributed by atoms with Gasteiger partial charge in [0.05, 0.1) is 26.4 Å². The number of phosphoric ester groups is 2. The molecule has 0 amide bonds. The Kier molecular flexibility index (Phi) is 78.6. The summed E-state index contributed by atoms with van der Waals surface area (Å²) in [6.07, 6.45) is 74.9. The summed E-state index contributed by atoms with van der Waals surface area (Å²) in [5, 5.41) is 10.7. The molecule has 624 valence electrons. The molecular formula is C86H168O17P2. The zero-order chi connectivity index (χ0) is 76.7. The van der Waals surface area contributed by atoms with Crippen LogP contribution in [0.3, 0.4) is 0 Å². The summed E-state index contributed by atoms with van der Waals surface area (Å²) in [6.45, 7) is 5.06. The number of ether oxygens (including phenoxy) is 4. The second kappa shape index (κ2) is 80.1. The molecule has 0 fully saturated rings. The number of carbonyl (C=O) groups is 4. The largest absolute Gasteiger partial charge is 0.472 e. The molecule has 0 bridgehead atoms. The SMILES string of the molecule is CCCCCCCCCCCCCCCCCCCCCCCCC(=O)O[C@H](COC(=O)CCCCCCCCCCCCCCCCCC)COP(=O)(O)OC[C@@H](O)COP(=O)(O)OC[C@@H](COC(=O)CCCCCCCCCCCCCCC)OC(=O)CCCCCCCCCCCCCCCC. The molecule has 5 atom stereocenters. The number of hydrogen-bond donors (Lipinski definition) is 3. The summed E-state index contributed by atoms with van der Waals surface area (Å²) in [4.78, 5) is 73.2. The Labute approximate surface area is 645 Å². The maximum Gasteiger partial charge on any atom is 0.472 e. The smallest absolute Gasteiger partial charge is 0.462 e. The summed E-state index contributed by atoms with van der Waals surface area (Å²) in [6, 6.07) is 0. The van der Waals surface area contributed by atoms with Crippen molar-refractivity contribution in [3.8, 4) is 0 Å². The maximum atomic E-state index is 13.1. The van der Waals surface area contributed by atoms with Crippen LogP contribution in [0.4, 0.5) is 0 Å². The predicted octanol–water partition coefficient (Wildman–Crippen LogP) is 26.5. The van der Waals surface area contributed by atoms with Crippen molar-refractivity contribution in [1.29, 1.82) is 0 Å². The number of aliphatic hydroxyl groups is 1. The van der Waals surface area contributed by atoms with Gasteiger partial charge in [-0.1, -0.05) is 419 Å². The van der Waals surface area contributed by atoms with Gasteiger partial charge in [0.25, 0.3) is 0 Å². The second-order valence-electron chi connectivity index (χ2n) is 30.9. The highest BCUT2D eigenvalue weighted by atomic mass is 31.2. The number of phosphoric acid groups is 2. The third-order valence-corrected chi connectivity index (χ3v) is 22.3. The number of esters is 4. The van der Waals surface area contributed by atoms with Gasteiger partial charge in [-0.05, 0) is 25.7 Å². The minimum atomic E-state index is -4.96. The normalized spacial score (nSPS) is 13.7. The zero-order valence-corrected chi connectivity index (χ0v) is 70.5. The van der Waals surface area contributed by atoms with Crippen molar-refractivity contribution in [1.82, 2.24) is 0 Å². The van der Waals surface area contributed by atoms with E-state index in [1.807, 2.05) is 0 Å². The number of rotatable bonds is 87. The van der Waals surface area contributed by atoms with Crippen LogP contribution < -0.4 is 0 Å². The van der Waals surface area contributed by atoms with Gasteiger partial charge in [0, 0.05) is 25.7 Å². The van der Waals surface area contributed by atoms with E-state index in [9.17, 15) is 43.2 Å². The number of aliphatic hydroxyl groups excluding tert-OH is 1. The van der Waals surface area contributed by atoms with E-state index in [4.69, 9.17) is 37.0 Å². The van der Waals surface area contributed by atoms with Gasteiger partial charge < -0.3 is 33.8 Å². The molecule has 0 radical (unpaired) electrons. The molecule has 0 aliphatic carbocycles. The van der Waals surface area contributed by atoms with Crippen LogP contribution in [0.2, 0.25) is 0 Å². The molecule has 0 spiro atoms. The van der Waals surface area contributed by atoms with Crippen molar-refractivity contribution in [2.24, 2.45) is 0 Å². The van der Waals surface area contributed by atoms with Crippen molar-refractivity contribution < 1.29 is 80.2 Å². The molecule has 0 saturated carbocycles. The quantitative estimate of drug-likeness (QED) is 0.0222. The number of unbranched alkanes of at least 4 members (excludes halogenated alkanes) is 61. The van der Waals surface area contributed by atoms with Crippen LogP contribution in [-0.2, 0) is 65.4 Å². The lowest BCUT2D eigenvalue weighted by Gasteiger charge is -2.21. The Bertz CT molecular complexity index is 1980. The molecular weight excluding hydrogens is 1370 g/mol. The molecule has 0 aliphatic heterocycles. The molecule has 0 aromatic carbocycles. The molecule has 3 N–H and O–H groups in total. The van der Waals surface area contributed by atoms with Crippen molar-refractivity contribution >= 4 is 39.5 Å².